The first-order valence-corrected chi connectivity index (χ1v) is 9.96. The summed E-state index contributed by atoms with van der Waals surface area (Å²) in [6.07, 6.45) is 0. The number of methoxy groups -OCH3 is 1. The number of nitrogens with zero attached hydrogens (tertiary/aromatic N) is 1. The van der Waals surface area contributed by atoms with E-state index in [2.05, 4.69) is 0 Å². The van der Waals surface area contributed by atoms with Crippen molar-refractivity contribution < 1.29 is 17.9 Å². The molecule has 0 bridgehead atoms. The van der Waals surface area contributed by atoms with Crippen LogP contribution in [0.3, 0.4) is 0 Å². The van der Waals surface area contributed by atoms with Gasteiger partial charge in [0.15, 0.2) is 0 Å². The summed E-state index contributed by atoms with van der Waals surface area (Å²) in [7, 11) is -2.30. The highest BCUT2D eigenvalue weighted by atomic mass is 32.2. The SMILES string of the molecule is COC(=O)[C@@H]1CN(S(=O)(=O)c2c(C)c(C)cc(C)c2C)CCS1. The van der Waals surface area contributed by atoms with Crippen molar-refractivity contribution in [2.45, 2.75) is 37.8 Å². The molecule has 0 aliphatic carbocycles. The maximum atomic E-state index is 13.2. The number of carbonyl (C=O) groups is 1. The molecule has 0 N–H and O–H groups in total. The lowest BCUT2D eigenvalue weighted by atomic mass is 10.0. The summed E-state index contributed by atoms with van der Waals surface area (Å²) in [5.74, 6) is 0.214. The zero-order valence-electron chi connectivity index (χ0n) is 14.2. The number of sulfonamides is 1. The van der Waals surface area contributed by atoms with Crippen molar-refractivity contribution in [2.75, 3.05) is 26.0 Å². The minimum absolute atomic E-state index is 0.158. The second kappa shape index (κ2) is 6.83. The van der Waals surface area contributed by atoms with Crippen LogP contribution < -0.4 is 0 Å². The minimum Gasteiger partial charge on any atom is -0.468 e. The van der Waals surface area contributed by atoms with E-state index in [1.54, 1.807) is 0 Å². The molecule has 0 unspecified atom stereocenters. The average Bonchev–Trinajstić information content (AvgIpc) is 2.52. The number of ether oxygens (including phenoxy) is 1. The first-order chi connectivity index (χ1) is 10.7. The summed E-state index contributed by atoms with van der Waals surface area (Å²) in [5, 5.41) is -0.463. The van der Waals surface area contributed by atoms with Crippen LogP contribution in [0.4, 0.5) is 0 Å². The van der Waals surface area contributed by atoms with Gasteiger partial charge < -0.3 is 4.74 Å². The molecule has 1 heterocycles. The first-order valence-electron chi connectivity index (χ1n) is 7.47. The van der Waals surface area contributed by atoms with Crippen molar-refractivity contribution in [3.8, 4) is 0 Å². The smallest absolute Gasteiger partial charge is 0.320 e. The number of carbonyl (C=O) groups excluding carboxylic acids is 1. The topological polar surface area (TPSA) is 63.7 Å². The van der Waals surface area contributed by atoms with Gasteiger partial charge in [0.1, 0.15) is 5.25 Å². The maximum Gasteiger partial charge on any atom is 0.320 e. The maximum absolute atomic E-state index is 13.2. The number of thioether (sulfide) groups is 1. The van der Waals surface area contributed by atoms with Gasteiger partial charge in [-0.2, -0.15) is 4.31 Å². The first kappa shape index (κ1) is 18.3. The zero-order chi connectivity index (χ0) is 17.4. The predicted octanol–water partition coefficient (Wildman–Crippen LogP) is 2.20. The van der Waals surface area contributed by atoms with Gasteiger partial charge in [-0.1, -0.05) is 6.07 Å². The molecule has 1 aliphatic heterocycles. The van der Waals surface area contributed by atoms with Crippen molar-refractivity contribution in [3.63, 3.8) is 0 Å². The van der Waals surface area contributed by atoms with Crippen LogP contribution in [0.15, 0.2) is 11.0 Å². The fourth-order valence-corrected chi connectivity index (χ4v) is 6.18. The van der Waals surface area contributed by atoms with E-state index in [9.17, 15) is 13.2 Å². The quantitative estimate of drug-likeness (QED) is 0.776. The minimum atomic E-state index is -3.63. The van der Waals surface area contributed by atoms with Crippen molar-refractivity contribution >= 4 is 27.8 Å². The Morgan fingerprint density at radius 1 is 1.22 bits per heavy atom. The highest BCUT2D eigenvalue weighted by molar-refractivity contribution is 8.00. The molecule has 7 heteroatoms. The Morgan fingerprint density at radius 2 is 1.78 bits per heavy atom. The van der Waals surface area contributed by atoms with E-state index in [1.807, 2.05) is 33.8 Å². The Kier molecular flexibility index (Phi) is 5.43. The molecule has 0 spiro atoms. The van der Waals surface area contributed by atoms with Crippen molar-refractivity contribution in [1.29, 1.82) is 0 Å². The Labute approximate surface area is 142 Å². The summed E-state index contributed by atoms with van der Waals surface area (Å²) in [6.45, 7) is 8.09. The lowest BCUT2D eigenvalue weighted by Crippen LogP contribution is -2.45. The third kappa shape index (κ3) is 3.41. The van der Waals surface area contributed by atoms with Gasteiger partial charge in [-0.05, 0) is 49.9 Å². The van der Waals surface area contributed by atoms with Crippen molar-refractivity contribution in [3.05, 3.63) is 28.3 Å². The van der Waals surface area contributed by atoms with Crippen LogP contribution >= 0.6 is 11.8 Å². The lowest BCUT2D eigenvalue weighted by molar-refractivity contribution is -0.140. The van der Waals surface area contributed by atoms with Gasteiger partial charge in [0.25, 0.3) is 0 Å². The van der Waals surface area contributed by atoms with Gasteiger partial charge in [-0.3, -0.25) is 4.79 Å². The van der Waals surface area contributed by atoms with Crippen LogP contribution in [0.2, 0.25) is 0 Å². The van der Waals surface area contributed by atoms with E-state index in [0.717, 1.165) is 22.3 Å². The third-order valence-electron chi connectivity index (χ3n) is 4.39. The van der Waals surface area contributed by atoms with Gasteiger partial charge in [-0.15, -0.1) is 11.8 Å². The lowest BCUT2D eigenvalue weighted by Gasteiger charge is -2.31. The van der Waals surface area contributed by atoms with E-state index in [4.69, 9.17) is 4.74 Å². The molecule has 1 atom stereocenters. The molecule has 1 aromatic rings. The van der Waals surface area contributed by atoms with E-state index in [-0.39, 0.29) is 12.5 Å². The second-order valence-electron chi connectivity index (χ2n) is 5.84. The molecule has 1 aliphatic rings. The highest BCUT2D eigenvalue weighted by Crippen LogP contribution is 2.31. The van der Waals surface area contributed by atoms with Gasteiger partial charge in [0.2, 0.25) is 10.0 Å². The summed E-state index contributed by atoms with van der Waals surface area (Å²) < 4.78 is 32.5. The number of hydrogen-bond donors (Lipinski definition) is 0. The predicted molar refractivity (Wildman–Crippen MR) is 92.4 cm³/mol. The molecule has 0 saturated carbocycles. The van der Waals surface area contributed by atoms with Gasteiger partial charge >= 0.3 is 5.97 Å². The van der Waals surface area contributed by atoms with Crippen LogP contribution in [0.5, 0.6) is 0 Å². The van der Waals surface area contributed by atoms with Crippen LogP contribution in [0, 0.1) is 27.7 Å². The second-order valence-corrected chi connectivity index (χ2v) is 9.02. The number of esters is 1. The number of hydrogen-bond acceptors (Lipinski definition) is 5. The normalized spacial score (nSPS) is 19.6. The molecule has 0 aromatic heterocycles. The number of aryl methyl sites for hydroxylation is 2. The van der Waals surface area contributed by atoms with Crippen molar-refractivity contribution in [1.82, 2.24) is 4.31 Å². The van der Waals surface area contributed by atoms with Crippen LogP contribution in [-0.2, 0) is 19.6 Å². The molecular formula is C16H23NO4S2. The molecule has 128 valence electrons. The van der Waals surface area contributed by atoms with Gasteiger partial charge in [-0.25, -0.2) is 8.42 Å². The highest BCUT2D eigenvalue weighted by Gasteiger charge is 2.36. The Bertz CT molecular complexity index is 702. The average molecular weight is 357 g/mol. The van der Waals surface area contributed by atoms with E-state index in [0.29, 0.717) is 17.2 Å². The Hall–Kier alpha value is -1.05. The molecule has 0 amide bonds. The summed E-state index contributed by atoms with van der Waals surface area (Å²) >= 11 is 1.44. The molecule has 1 fully saturated rings. The fraction of sp³-hybridized carbons (Fsp3) is 0.562. The van der Waals surface area contributed by atoms with E-state index in [1.165, 1.54) is 23.2 Å². The molecule has 1 aromatic carbocycles. The molecular weight excluding hydrogens is 334 g/mol. The monoisotopic (exact) mass is 357 g/mol. The summed E-state index contributed by atoms with van der Waals surface area (Å²) in [5.41, 5.74) is 3.48. The Balaban J connectivity index is 2.45. The van der Waals surface area contributed by atoms with Crippen LogP contribution in [0.25, 0.3) is 0 Å². The molecule has 2 rings (SSSR count). The third-order valence-corrected chi connectivity index (χ3v) is 7.69. The molecule has 23 heavy (non-hydrogen) atoms. The standard InChI is InChI=1S/C16H23NO4S2/c1-10-8-11(2)13(4)15(12(10)3)23(19,20)17-6-7-22-14(9-17)16(18)21-5/h8,14H,6-7,9H2,1-5H3/t14-/m0/s1. The summed E-state index contributed by atoms with van der Waals surface area (Å²) in [6, 6.07) is 2.01. The van der Waals surface area contributed by atoms with E-state index >= 15 is 0 Å². The largest absolute Gasteiger partial charge is 0.468 e. The van der Waals surface area contributed by atoms with Gasteiger partial charge in [0.05, 0.1) is 12.0 Å². The molecule has 5 nitrogen and oxygen atoms in total. The Morgan fingerprint density at radius 3 is 2.30 bits per heavy atom. The van der Waals surface area contributed by atoms with Crippen LogP contribution in [0.1, 0.15) is 22.3 Å². The number of rotatable bonds is 3. The van der Waals surface area contributed by atoms with E-state index < -0.39 is 15.3 Å². The van der Waals surface area contributed by atoms with Gasteiger partial charge in [0, 0.05) is 18.8 Å². The summed E-state index contributed by atoms with van der Waals surface area (Å²) in [4.78, 5) is 12.1. The molecule has 1 saturated heterocycles. The number of benzene rings is 1. The van der Waals surface area contributed by atoms with Crippen molar-refractivity contribution in [2.24, 2.45) is 0 Å². The van der Waals surface area contributed by atoms with Crippen LogP contribution in [-0.4, -0.2) is 49.9 Å². The zero-order valence-corrected chi connectivity index (χ0v) is 15.8. The fourth-order valence-electron chi connectivity index (χ4n) is 2.81. The molecule has 0 radical (unpaired) electrons.